The van der Waals surface area contributed by atoms with Crippen LogP contribution in [-0.2, 0) is 0 Å². The van der Waals surface area contributed by atoms with Crippen LogP contribution in [0.4, 0.5) is 0 Å². The molecule has 0 aliphatic heterocycles. The third kappa shape index (κ3) is 3.17. The molecule has 1 aromatic carbocycles. The summed E-state index contributed by atoms with van der Waals surface area (Å²) in [5.74, 6) is 1.68. The summed E-state index contributed by atoms with van der Waals surface area (Å²) in [6.07, 6.45) is -0.783. The van der Waals surface area contributed by atoms with Gasteiger partial charge in [0.2, 0.25) is 0 Å². The number of aryl methyl sites for hydroxylation is 1. The smallest absolute Gasteiger partial charge is 0.164 e. The first kappa shape index (κ1) is 16.1. The maximum Gasteiger partial charge on any atom is 0.164 e. The lowest BCUT2D eigenvalue weighted by atomic mass is 10.1. The van der Waals surface area contributed by atoms with Crippen LogP contribution in [0, 0.1) is 6.92 Å². The minimum atomic E-state index is -0.783. The highest BCUT2D eigenvalue weighted by atomic mass is 79.9. The zero-order valence-electron chi connectivity index (χ0n) is 12.3. The van der Waals surface area contributed by atoms with Crippen LogP contribution < -0.4 is 14.2 Å². The second-order valence-electron chi connectivity index (χ2n) is 4.40. The molecule has 1 N–H and O–H groups in total. The standard InChI is InChI=1S/C15H17BrO4S/c1-8-10(16)6-14(21-8)15(17)9-5-12(19-3)13(20-4)7-11(9)18-2/h5-7,15,17H,1-4H3. The minimum Gasteiger partial charge on any atom is -0.496 e. The van der Waals surface area contributed by atoms with Gasteiger partial charge in [-0.05, 0) is 35.0 Å². The molecule has 1 unspecified atom stereocenters. The maximum absolute atomic E-state index is 10.6. The zero-order valence-corrected chi connectivity index (χ0v) is 14.7. The zero-order chi connectivity index (χ0) is 15.6. The average Bonchev–Trinajstić information content (AvgIpc) is 2.84. The molecule has 1 heterocycles. The molecule has 1 aromatic heterocycles. The third-order valence-electron chi connectivity index (χ3n) is 3.18. The van der Waals surface area contributed by atoms with Crippen molar-refractivity contribution in [3.05, 3.63) is 38.0 Å². The maximum atomic E-state index is 10.6. The normalized spacial score (nSPS) is 12.1. The fourth-order valence-electron chi connectivity index (χ4n) is 2.04. The molecule has 21 heavy (non-hydrogen) atoms. The molecule has 2 aromatic rings. The van der Waals surface area contributed by atoms with E-state index in [0.717, 1.165) is 14.2 Å². The van der Waals surface area contributed by atoms with E-state index in [2.05, 4.69) is 15.9 Å². The molecule has 0 radical (unpaired) electrons. The van der Waals surface area contributed by atoms with E-state index in [-0.39, 0.29) is 0 Å². The second-order valence-corrected chi connectivity index (χ2v) is 6.55. The Labute approximate surface area is 136 Å². The second kappa shape index (κ2) is 6.68. The van der Waals surface area contributed by atoms with E-state index < -0.39 is 6.10 Å². The molecule has 0 aliphatic carbocycles. The summed E-state index contributed by atoms with van der Waals surface area (Å²) in [6.45, 7) is 2.00. The average molecular weight is 373 g/mol. The number of benzene rings is 1. The molecule has 6 heteroatoms. The summed E-state index contributed by atoms with van der Waals surface area (Å²) < 4.78 is 16.9. The van der Waals surface area contributed by atoms with Crippen molar-refractivity contribution in [3.63, 3.8) is 0 Å². The van der Waals surface area contributed by atoms with Gasteiger partial charge in [0.15, 0.2) is 11.5 Å². The number of ether oxygens (including phenoxy) is 3. The van der Waals surface area contributed by atoms with E-state index in [1.165, 1.54) is 11.3 Å². The molecular formula is C15H17BrO4S. The molecule has 0 aliphatic rings. The summed E-state index contributed by atoms with van der Waals surface area (Å²) >= 11 is 5.00. The van der Waals surface area contributed by atoms with E-state index in [1.54, 1.807) is 33.5 Å². The number of halogens is 1. The first-order valence-corrected chi connectivity index (χ1v) is 7.86. The molecule has 0 bridgehead atoms. The Bertz CT molecular complexity index is 619. The van der Waals surface area contributed by atoms with Gasteiger partial charge in [0.25, 0.3) is 0 Å². The van der Waals surface area contributed by atoms with Crippen molar-refractivity contribution in [1.29, 1.82) is 0 Å². The van der Waals surface area contributed by atoms with E-state index in [9.17, 15) is 5.11 Å². The Balaban J connectivity index is 2.50. The van der Waals surface area contributed by atoms with Gasteiger partial charge in [-0.2, -0.15) is 0 Å². The van der Waals surface area contributed by atoms with E-state index in [4.69, 9.17) is 14.2 Å². The number of rotatable bonds is 5. The lowest BCUT2D eigenvalue weighted by Gasteiger charge is -2.17. The summed E-state index contributed by atoms with van der Waals surface area (Å²) in [5, 5.41) is 10.6. The third-order valence-corrected chi connectivity index (χ3v) is 5.37. The van der Waals surface area contributed by atoms with Crippen molar-refractivity contribution in [2.24, 2.45) is 0 Å². The van der Waals surface area contributed by atoms with Crippen LogP contribution in [0.15, 0.2) is 22.7 Å². The first-order chi connectivity index (χ1) is 10.0. The lowest BCUT2D eigenvalue weighted by Crippen LogP contribution is -2.02. The van der Waals surface area contributed by atoms with Gasteiger partial charge in [-0.1, -0.05) is 0 Å². The fraction of sp³-hybridized carbons (Fsp3) is 0.333. The van der Waals surface area contributed by atoms with Gasteiger partial charge in [-0.3, -0.25) is 0 Å². The fourth-order valence-corrected chi connectivity index (χ4v) is 3.60. The van der Waals surface area contributed by atoms with Gasteiger partial charge >= 0.3 is 0 Å². The SMILES string of the molecule is COc1cc(OC)c(C(O)c2cc(Br)c(C)s2)cc1OC. The molecule has 0 saturated carbocycles. The largest absolute Gasteiger partial charge is 0.496 e. The van der Waals surface area contributed by atoms with Crippen molar-refractivity contribution in [1.82, 2.24) is 0 Å². The monoisotopic (exact) mass is 372 g/mol. The quantitative estimate of drug-likeness (QED) is 0.863. The Morgan fingerprint density at radius 2 is 1.57 bits per heavy atom. The highest BCUT2D eigenvalue weighted by Crippen LogP contribution is 2.41. The van der Waals surface area contributed by atoms with E-state index >= 15 is 0 Å². The molecular weight excluding hydrogens is 356 g/mol. The molecule has 4 nitrogen and oxygen atoms in total. The molecule has 1 atom stereocenters. The van der Waals surface area contributed by atoms with Crippen LogP contribution in [0.25, 0.3) is 0 Å². The summed E-state index contributed by atoms with van der Waals surface area (Å²) in [4.78, 5) is 1.95. The Kier molecular flexibility index (Phi) is 5.13. The number of aliphatic hydroxyl groups is 1. The van der Waals surface area contributed by atoms with Crippen molar-refractivity contribution in [2.45, 2.75) is 13.0 Å². The number of methoxy groups -OCH3 is 3. The predicted molar refractivity (Wildman–Crippen MR) is 86.9 cm³/mol. The van der Waals surface area contributed by atoms with Crippen LogP contribution >= 0.6 is 27.3 Å². The topological polar surface area (TPSA) is 47.9 Å². The van der Waals surface area contributed by atoms with Gasteiger partial charge in [0, 0.05) is 25.9 Å². The van der Waals surface area contributed by atoms with Crippen molar-refractivity contribution in [3.8, 4) is 17.2 Å². The first-order valence-electron chi connectivity index (χ1n) is 6.25. The van der Waals surface area contributed by atoms with E-state index in [0.29, 0.717) is 22.8 Å². The van der Waals surface area contributed by atoms with Crippen LogP contribution in [-0.4, -0.2) is 26.4 Å². The molecule has 114 valence electrons. The van der Waals surface area contributed by atoms with Crippen LogP contribution in [0.5, 0.6) is 17.2 Å². The Morgan fingerprint density at radius 3 is 2.05 bits per heavy atom. The Hall–Kier alpha value is -1.24. The molecule has 2 rings (SSSR count). The number of aliphatic hydroxyl groups excluding tert-OH is 1. The summed E-state index contributed by atoms with van der Waals surface area (Å²) in [6, 6.07) is 5.37. The highest BCUT2D eigenvalue weighted by molar-refractivity contribution is 9.10. The van der Waals surface area contributed by atoms with Gasteiger partial charge in [0.1, 0.15) is 11.9 Å². The highest BCUT2D eigenvalue weighted by Gasteiger charge is 2.21. The number of hydrogen-bond acceptors (Lipinski definition) is 5. The van der Waals surface area contributed by atoms with Crippen LogP contribution in [0.1, 0.15) is 21.4 Å². The predicted octanol–water partition coefficient (Wildman–Crippen LogP) is 3.93. The number of hydrogen-bond donors (Lipinski definition) is 1. The van der Waals surface area contributed by atoms with Crippen molar-refractivity contribution >= 4 is 27.3 Å². The lowest BCUT2D eigenvalue weighted by molar-refractivity contribution is 0.217. The van der Waals surface area contributed by atoms with Gasteiger partial charge in [-0.25, -0.2) is 0 Å². The molecule has 0 fully saturated rings. The Morgan fingerprint density at radius 1 is 1.00 bits per heavy atom. The molecule has 0 amide bonds. The van der Waals surface area contributed by atoms with Gasteiger partial charge in [-0.15, -0.1) is 11.3 Å². The van der Waals surface area contributed by atoms with Gasteiger partial charge < -0.3 is 19.3 Å². The molecule has 0 saturated heterocycles. The van der Waals surface area contributed by atoms with Crippen LogP contribution in [0.3, 0.4) is 0 Å². The van der Waals surface area contributed by atoms with Gasteiger partial charge in [0.05, 0.1) is 21.3 Å². The van der Waals surface area contributed by atoms with Crippen molar-refractivity contribution in [2.75, 3.05) is 21.3 Å². The number of thiophene rings is 1. The summed E-state index contributed by atoms with van der Waals surface area (Å²) in [5.41, 5.74) is 0.643. The van der Waals surface area contributed by atoms with Crippen LogP contribution in [0.2, 0.25) is 0 Å². The van der Waals surface area contributed by atoms with Crippen molar-refractivity contribution < 1.29 is 19.3 Å². The minimum absolute atomic E-state index is 0.555. The van der Waals surface area contributed by atoms with E-state index in [1.807, 2.05) is 13.0 Å². The summed E-state index contributed by atoms with van der Waals surface area (Å²) in [7, 11) is 4.69. The molecule has 0 spiro atoms.